The number of hydrogen-bond acceptors (Lipinski definition) is 5. The van der Waals surface area contributed by atoms with Crippen LogP contribution in [0.15, 0.2) is 39.9 Å². The van der Waals surface area contributed by atoms with Crippen LogP contribution in [-0.2, 0) is 27.7 Å². The first-order chi connectivity index (χ1) is 13.9. The lowest BCUT2D eigenvalue weighted by Gasteiger charge is -2.33. The highest BCUT2D eigenvalue weighted by Gasteiger charge is 2.30. The van der Waals surface area contributed by atoms with E-state index >= 15 is 0 Å². The van der Waals surface area contributed by atoms with Gasteiger partial charge in [0.1, 0.15) is 4.21 Å². The normalized spacial score (nSPS) is 17.3. The van der Waals surface area contributed by atoms with E-state index in [0.29, 0.717) is 22.9 Å². The number of piperazine rings is 1. The number of carbonyl (C=O) groups is 2. The van der Waals surface area contributed by atoms with E-state index in [4.69, 9.17) is 0 Å². The second kappa shape index (κ2) is 8.38. The predicted octanol–water partition coefficient (Wildman–Crippen LogP) is 2.73. The highest BCUT2D eigenvalue weighted by molar-refractivity contribution is 7.91. The molecule has 0 unspecified atom stereocenters. The number of fused-ring (bicyclic) bond motifs is 1. The Balaban J connectivity index is 1.28. The summed E-state index contributed by atoms with van der Waals surface area (Å²) < 4.78 is 26.9. The summed E-state index contributed by atoms with van der Waals surface area (Å²) in [5.74, 6) is -0.0976. The topological polar surface area (TPSA) is 74.8 Å². The van der Waals surface area contributed by atoms with Crippen LogP contribution in [0.2, 0.25) is 0 Å². The van der Waals surface area contributed by atoms with Crippen molar-refractivity contribution in [1.29, 1.82) is 0 Å². The first-order valence-corrected chi connectivity index (χ1v) is 12.2. The van der Waals surface area contributed by atoms with Gasteiger partial charge in [-0.15, -0.1) is 11.3 Å². The fraction of sp³-hybridized carbons (Fsp3) is 0.429. The van der Waals surface area contributed by atoms with E-state index in [0.717, 1.165) is 19.3 Å². The van der Waals surface area contributed by atoms with Crippen LogP contribution in [0, 0.1) is 0 Å². The molecular weight excluding hydrogens is 408 g/mol. The lowest BCUT2D eigenvalue weighted by molar-refractivity contribution is -0.132. The first kappa shape index (κ1) is 20.3. The van der Waals surface area contributed by atoms with Crippen molar-refractivity contribution in [1.82, 2.24) is 9.21 Å². The summed E-state index contributed by atoms with van der Waals surface area (Å²) in [6, 6.07) is 9.19. The first-order valence-electron chi connectivity index (χ1n) is 9.91. The van der Waals surface area contributed by atoms with Crippen molar-refractivity contribution in [2.75, 3.05) is 26.2 Å². The standard InChI is InChI=1S/C21H24N2O4S2/c24-19(18-7-6-16-3-1-4-17(16)15-18)8-9-20(25)22-10-12-23(13-11-22)29(26,27)21-5-2-14-28-21/h2,5-7,14-15H,1,3-4,8-13H2. The van der Waals surface area contributed by atoms with Crippen molar-refractivity contribution in [2.24, 2.45) is 0 Å². The van der Waals surface area contributed by atoms with Crippen LogP contribution in [0.1, 0.15) is 40.7 Å². The maximum atomic E-state index is 12.6. The van der Waals surface area contributed by atoms with E-state index in [1.807, 2.05) is 18.2 Å². The number of hydrogen-bond donors (Lipinski definition) is 0. The molecule has 8 heteroatoms. The second-order valence-electron chi connectivity index (χ2n) is 7.48. The molecule has 1 aliphatic carbocycles. The van der Waals surface area contributed by atoms with Crippen molar-refractivity contribution in [2.45, 2.75) is 36.3 Å². The van der Waals surface area contributed by atoms with E-state index in [-0.39, 0.29) is 37.6 Å². The zero-order chi connectivity index (χ0) is 20.4. The molecule has 0 N–H and O–H groups in total. The summed E-state index contributed by atoms with van der Waals surface area (Å²) in [6.45, 7) is 1.28. The van der Waals surface area contributed by atoms with Crippen molar-refractivity contribution in [3.63, 3.8) is 0 Å². The van der Waals surface area contributed by atoms with Gasteiger partial charge in [-0.25, -0.2) is 8.42 Å². The van der Waals surface area contributed by atoms with Gasteiger partial charge in [0, 0.05) is 44.6 Å². The molecule has 2 aromatic rings. The number of rotatable bonds is 6. The van der Waals surface area contributed by atoms with Gasteiger partial charge in [-0.2, -0.15) is 4.31 Å². The van der Waals surface area contributed by atoms with Gasteiger partial charge in [0.15, 0.2) is 5.78 Å². The van der Waals surface area contributed by atoms with Gasteiger partial charge < -0.3 is 4.90 Å². The number of carbonyl (C=O) groups excluding carboxylic acids is 2. The lowest BCUT2D eigenvalue weighted by atomic mass is 10.0. The number of aryl methyl sites for hydroxylation is 2. The van der Waals surface area contributed by atoms with Crippen LogP contribution >= 0.6 is 11.3 Å². The predicted molar refractivity (Wildman–Crippen MR) is 112 cm³/mol. The minimum Gasteiger partial charge on any atom is -0.340 e. The average molecular weight is 433 g/mol. The third kappa shape index (κ3) is 4.29. The fourth-order valence-electron chi connectivity index (χ4n) is 3.98. The Morgan fingerprint density at radius 3 is 2.45 bits per heavy atom. The maximum absolute atomic E-state index is 12.6. The largest absolute Gasteiger partial charge is 0.340 e. The highest BCUT2D eigenvalue weighted by Crippen LogP contribution is 2.24. The van der Waals surface area contributed by atoms with Crippen LogP contribution < -0.4 is 0 Å². The summed E-state index contributed by atoms with van der Waals surface area (Å²) in [6.07, 6.45) is 3.59. The molecule has 0 bridgehead atoms. The molecule has 0 saturated carbocycles. The zero-order valence-electron chi connectivity index (χ0n) is 16.2. The molecule has 1 amide bonds. The lowest BCUT2D eigenvalue weighted by Crippen LogP contribution is -2.50. The van der Waals surface area contributed by atoms with E-state index in [9.17, 15) is 18.0 Å². The summed E-state index contributed by atoms with van der Waals surface area (Å²) in [4.78, 5) is 26.7. The molecule has 154 valence electrons. The molecule has 29 heavy (non-hydrogen) atoms. The Morgan fingerprint density at radius 1 is 0.966 bits per heavy atom. The van der Waals surface area contributed by atoms with Gasteiger partial charge in [-0.3, -0.25) is 9.59 Å². The molecule has 6 nitrogen and oxygen atoms in total. The monoisotopic (exact) mass is 432 g/mol. The van der Waals surface area contributed by atoms with E-state index < -0.39 is 10.0 Å². The molecule has 2 aliphatic rings. The maximum Gasteiger partial charge on any atom is 0.252 e. The molecule has 1 saturated heterocycles. The molecule has 0 atom stereocenters. The van der Waals surface area contributed by atoms with Gasteiger partial charge in [0.2, 0.25) is 5.91 Å². The summed E-state index contributed by atoms with van der Waals surface area (Å²) in [5.41, 5.74) is 3.27. The minimum absolute atomic E-state index is 0.00745. The second-order valence-corrected chi connectivity index (χ2v) is 10.6. The number of amides is 1. The number of sulfonamides is 1. The van der Waals surface area contributed by atoms with E-state index in [1.54, 1.807) is 22.4 Å². The molecule has 0 spiro atoms. The average Bonchev–Trinajstić information content (AvgIpc) is 3.43. The summed E-state index contributed by atoms with van der Waals surface area (Å²) in [7, 11) is -3.47. The van der Waals surface area contributed by atoms with Crippen molar-refractivity contribution >= 4 is 33.1 Å². The number of Topliss-reactive ketones (excluding diaryl/α,β-unsaturated/α-hetero) is 1. The number of nitrogens with zero attached hydrogens (tertiary/aromatic N) is 2. The van der Waals surface area contributed by atoms with Gasteiger partial charge in [-0.1, -0.05) is 18.2 Å². The Morgan fingerprint density at radius 2 is 1.72 bits per heavy atom. The molecule has 1 fully saturated rings. The van der Waals surface area contributed by atoms with E-state index in [1.165, 1.54) is 26.8 Å². The van der Waals surface area contributed by atoms with Crippen LogP contribution in [0.4, 0.5) is 0 Å². The number of thiophene rings is 1. The summed E-state index contributed by atoms with van der Waals surface area (Å²) >= 11 is 1.20. The number of benzene rings is 1. The highest BCUT2D eigenvalue weighted by atomic mass is 32.2. The Labute approximate surface area is 175 Å². The Bertz CT molecular complexity index is 1010. The summed E-state index contributed by atoms with van der Waals surface area (Å²) in [5, 5.41) is 1.74. The van der Waals surface area contributed by atoms with E-state index in [2.05, 4.69) is 0 Å². The Hall–Kier alpha value is -2.03. The molecular formula is C21H24N2O4S2. The van der Waals surface area contributed by atoms with Crippen molar-refractivity contribution < 1.29 is 18.0 Å². The molecule has 0 radical (unpaired) electrons. The third-order valence-corrected chi connectivity index (χ3v) is 8.94. The van der Waals surface area contributed by atoms with Gasteiger partial charge in [-0.05, 0) is 47.9 Å². The minimum atomic E-state index is -3.47. The molecule has 1 aromatic heterocycles. The van der Waals surface area contributed by atoms with Gasteiger partial charge in [0.05, 0.1) is 0 Å². The van der Waals surface area contributed by atoms with Crippen LogP contribution in [0.5, 0.6) is 0 Å². The molecule has 4 rings (SSSR count). The number of ketones is 1. The van der Waals surface area contributed by atoms with Crippen molar-refractivity contribution in [3.05, 3.63) is 52.4 Å². The van der Waals surface area contributed by atoms with Crippen LogP contribution in [0.3, 0.4) is 0 Å². The van der Waals surface area contributed by atoms with Crippen LogP contribution in [0.25, 0.3) is 0 Å². The van der Waals surface area contributed by atoms with Crippen molar-refractivity contribution in [3.8, 4) is 0 Å². The fourth-order valence-corrected chi connectivity index (χ4v) is 6.55. The quantitative estimate of drug-likeness (QED) is 0.658. The Kier molecular flexibility index (Phi) is 5.85. The third-order valence-electron chi connectivity index (χ3n) is 5.67. The zero-order valence-corrected chi connectivity index (χ0v) is 17.8. The van der Waals surface area contributed by atoms with Gasteiger partial charge >= 0.3 is 0 Å². The molecule has 1 aromatic carbocycles. The molecule has 1 aliphatic heterocycles. The molecule has 2 heterocycles. The van der Waals surface area contributed by atoms with Gasteiger partial charge in [0.25, 0.3) is 10.0 Å². The smallest absolute Gasteiger partial charge is 0.252 e. The van der Waals surface area contributed by atoms with Crippen LogP contribution in [-0.4, -0.2) is 55.5 Å². The SMILES string of the molecule is O=C(CCC(=O)N1CCN(S(=O)(=O)c2cccs2)CC1)c1ccc2c(c1)CCC2.